The molecule has 0 N–H and O–H groups in total. The first-order valence-corrected chi connectivity index (χ1v) is 4.67. The van der Waals surface area contributed by atoms with E-state index in [-0.39, 0.29) is 5.24 Å². The van der Waals surface area contributed by atoms with Crippen LogP contribution in [0.4, 0.5) is 4.79 Å². The summed E-state index contributed by atoms with van der Waals surface area (Å²) in [5.74, 6) is 1.00. The Hall–Kier alpha value is -0.180. The lowest BCUT2D eigenvalue weighted by Gasteiger charge is -2.20. The molecule has 1 aliphatic heterocycles. The van der Waals surface area contributed by atoms with Gasteiger partial charge in [-0.05, 0) is 6.42 Å². The smallest absolute Gasteiger partial charge is 0.281 e. The average Bonchev–Trinajstić information content (AvgIpc) is 2.00. The molecule has 0 unspecified atom stereocenters. The Morgan fingerprint density at radius 1 is 1.50 bits per heavy atom. The first-order chi connectivity index (χ1) is 4.80. The van der Waals surface area contributed by atoms with Crippen LogP contribution in [0.1, 0.15) is 20.3 Å². The van der Waals surface area contributed by atoms with Gasteiger partial charge in [0.1, 0.15) is 0 Å². The largest absolute Gasteiger partial charge is 0.337 e. The molecule has 3 heteroatoms. The lowest BCUT2D eigenvalue weighted by Crippen LogP contribution is -2.28. The lowest BCUT2D eigenvalue weighted by atomic mass is 10.4. The van der Waals surface area contributed by atoms with Gasteiger partial charge in [-0.15, -0.1) is 0 Å². The first-order valence-electron chi connectivity index (χ1n) is 3.68. The molecule has 1 rings (SSSR count). The second-order valence-electron chi connectivity index (χ2n) is 1.89. The molecular formula is C7H15NOS. The fourth-order valence-electron chi connectivity index (χ4n) is 0.663. The topological polar surface area (TPSA) is 20.3 Å². The zero-order valence-corrected chi connectivity index (χ0v) is 7.70. The van der Waals surface area contributed by atoms with Crippen LogP contribution >= 0.6 is 11.8 Å². The molecule has 0 spiro atoms. The molecule has 0 radical (unpaired) electrons. The van der Waals surface area contributed by atoms with Crippen LogP contribution in [0.2, 0.25) is 0 Å². The minimum absolute atomic E-state index is 0.219. The van der Waals surface area contributed by atoms with Gasteiger partial charge in [-0.3, -0.25) is 4.79 Å². The van der Waals surface area contributed by atoms with Crippen LogP contribution in [0.15, 0.2) is 0 Å². The Balaban J connectivity index is 0.000000371. The fourth-order valence-corrected chi connectivity index (χ4v) is 1.42. The van der Waals surface area contributed by atoms with Crippen LogP contribution in [0.25, 0.3) is 0 Å². The van der Waals surface area contributed by atoms with Gasteiger partial charge >= 0.3 is 0 Å². The number of thioether (sulfide) groups is 1. The van der Waals surface area contributed by atoms with Crippen LogP contribution in [-0.4, -0.2) is 29.5 Å². The van der Waals surface area contributed by atoms with Crippen molar-refractivity contribution >= 4 is 17.0 Å². The number of carbonyl (C=O) groups excluding carboxylic acids is 1. The van der Waals surface area contributed by atoms with Crippen molar-refractivity contribution in [1.82, 2.24) is 4.90 Å². The molecule has 0 aromatic rings. The van der Waals surface area contributed by atoms with Crippen LogP contribution in [0.3, 0.4) is 0 Å². The van der Waals surface area contributed by atoms with Gasteiger partial charge in [-0.25, -0.2) is 0 Å². The molecule has 60 valence electrons. The van der Waals surface area contributed by atoms with E-state index >= 15 is 0 Å². The van der Waals surface area contributed by atoms with E-state index in [1.165, 1.54) is 11.8 Å². The van der Waals surface area contributed by atoms with Crippen molar-refractivity contribution in [3.63, 3.8) is 0 Å². The molecule has 10 heavy (non-hydrogen) atoms. The Morgan fingerprint density at radius 2 is 2.10 bits per heavy atom. The predicted molar refractivity (Wildman–Crippen MR) is 46.4 cm³/mol. The van der Waals surface area contributed by atoms with E-state index < -0.39 is 0 Å². The molecule has 1 heterocycles. The molecule has 1 fully saturated rings. The van der Waals surface area contributed by atoms with E-state index in [4.69, 9.17) is 0 Å². The Kier molecular flexibility index (Phi) is 5.49. The van der Waals surface area contributed by atoms with Gasteiger partial charge in [0.15, 0.2) is 0 Å². The van der Waals surface area contributed by atoms with Crippen molar-refractivity contribution in [2.75, 3.05) is 19.3 Å². The summed E-state index contributed by atoms with van der Waals surface area (Å²) < 4.78 is 0. The second kappa shape index (κ2) is 5.59. The van der Waals surface area contributed by atoms with Crippen LogP contribution < -0.4 is 0 Å². The zero-order valence-electron chi connectivity index (χ0n) is 6.89. The number of carbonyl (C=O) groups is 1. The Bertz CT molecular complexity index is 106. The van der Waals surface area contributed by atoms with Gasteiger partial charge in [0.2, 0.25) is 0 Å². The molecule has 1 saturated heterocycles. The second-order valence-corrected chi connectivity index (χ2v) is 2.94. The highest BCUT2D eigenvalue weighted by atomic mass is 32.2. The zero-order chi connectivity index (χ0) is 7.98. The summed E-state index contributed by atoms with van der Waals surface area (Å²) >= 11 is 1.41. The quantitative estimate of drug-likeness (QED) is 0.543. The summed E-state index contributed by atoms with van der Waals surface area (Å²) in [6.45, 7) is 4.94. The van der Waals surface area contributed by atoms with Crippen molar-refractivity contribution < 1.29 is 4.79 Å². The summed E-state index contributed by atoms with van der Waals surface area (Å²) in [4.78, 5) is 12.4. The van der Waals surface area contributed by atoms with Crippen LogP contribution in [-0.2, 0) is 0 Å². The number of nitrogens with zero attached hydrogens (tertiary/aromatic N) is 1. The van der Waals surface area contributed by atoms with Gasteiger partial charge in [-0.1, -0.05) is 25.6 Å². The molecule has 0 atom stereocenters. The van der Waals surface area contributed by atoms with E-state index in [0.717, 1.165) is 18.7 Å². The third-order valence-electron chi connectivity index (χ3n) is 1.18. The highest BCUT2D eigenvalue weighted by Crippen LogP contribution is 2.14. The van der Waals surface area contributed by atoms with Crippen molar-refractivity contribution in [1.29, 1.82) is 0 Å². The molecule has 1 amide bonds. The van der Waals surface area contributed by atoms with Crippen LogP contribution in [0, 0.1) is 0 Å². The number of hydrogen-bond acceptors (Lipinski definition) is 2. The van der Waals surface area contributed by atoms with Gasteiger partial charge in [0, 0.05) is 19.3 Å². The van der Waals surface area contributed by atoms with Gasteiger partial charge in [-0.2, -0.15) is 0 Å². The monoisotopic (exact) mass is 161 g/mol. The van der Waals surface area contributed by atoms with E-state index in [1.807, 2.05) is 20.9 Å². The SMILES string of the molecule is CC.CN1CCCSC1=O. The standard InChI is InChI=1S/C5H9NOS.C2H6/c1-6-3-2-4-8-5(6)7;1-2/h2-4H2,1H3;1-2H3. The molecule has 0 aromatic heterocycles. The third-order valence-corrected chi connectivity index (χ3v) is 2.23. The summed E-state index contributed by atoms with van der Waals surface area (Å²) in [5.41, 5.74) is 0. The molecule has 2 nitrogen and oxygen atoms in total. The third kappa shape index (κ3) is 3.11. The van der Waals surface area contributed by atoms with Gasteiger partial charge in [0.25, 0.3) is 5.24 Å². The van der Waals surface area contributed by atoms with Gasteiger partial charge in [0.05, 0.1) is 0 Å². The molecule has 1 aliphatic rings. The summed E-state index contributed by atoms with van der Waals surface area (Å²) in [6.07, 6.45) is 1.15. The van der Waals surface area contributed by atoms with E-state index in [9.17, 15) is 4.79 Å². The highest BCUT2D eigenvalue weighted by molar-refractivity contribution is 8.13. The number of hydrogen-bond donors (Lipinski definition) is 0. The number of rotatable bonds is 0. The minimum atomic E-state index is 0.219. The molecule has 0 aromatic carbocycles. The molecule has 0 bridgehead atoms. The van der Waals surface area contributed by atoms with Crippen LogP contribution in [0.5, 0.6) is 0 Å². The maximum absolute atomic E-state index is 10.7. The van der Waals surface area contributed by atoms with E-state index in [0.29, 0.717) is 0 Å². The average molecular weight is 161 g/mol. The molecule has 0 saturated carbocycles. The molecular weight excluding hydrogens is 146 g/mol. The van der Waals surface area contributed by atoms with E-state index in [1.54, 1.807) is 4.90 Å². The van der Waals surface area contributed by atoms with Crippen molar-refractivity contribution in [2.24, 2.45) is 0 Å². The Morgan fingerprint density at radius 3 is 2.40 bits per heavy atom. The maximum Gasteiger partial charge on any atom is 0.281 e. The summed E-state index contributed by atoms with van der Waals surface area (Å²) in [5, 5.41) is 0.219. The normalized spacial score (nSPS) is 17.9. The minimum Gasteiger partial charge on any atom is -0.337 e. The summed E-state index contributed by atoms with van der Waals surface area (Å²) in [6, 6.07) is 0. The van der Waals surface area contributed by atoms with Crippen molar-refractivity contribution in [3.05, 3.63) is 0 Å². The fraction of sp³-hybridized carbons (Fsp3) is 0.857. The van der Waals surface area contributed by atoms with Crippen molar-refractivity contribution in [2.45, 2.75) is 20.3 Å². The predicted octanol–water partition coefficient (Wildman–Crippen LogP) is 2.20. The highest BCUT2D eigenvalue weighted by Gasteiger charge is 2.12. The Labute approximate surface area is 67.0 Å². The maximum atomic E-state index is 10.7. The van der Waals surface area contributed by atoms with Crippen molar-refractivity contribution in [3.8, 4) is 0 Å². The number of amides is 1. The summed E-state index contributed by atoms with van der Waals surface area (Å²) in [7, 11) is 1.84. The molecule has 0 aliphatic carbocycles. The first kappa shape index (κ1) is 9.82. The lowest BCUT2D eigenvalue weighted by molar-refractivity contribution is 0.232. The van der Waals surface area contributed by atoms with Gasteiger partial charge < -0.3 is 4.90 Å². The van der Waals surface area contributed by atoms with E-state index in [2.05, 4.69) is 0 Å².